The molecular formula is C14H21N3. The van der Waals surface area contributed by atoms with Crippen molar-refractivity contribution >= 4 is 16.6 Å². The molecule has 0 aliphatic heterocycles. The molecule has 17 heavy (non-hydrogen) atoms. The minimum atomic E-state index is 0.0267. The molecule has 1 aromatic heterocycles. The number of nitrogens with zero attached hydrogens (tertiary/aromatic N) is 1. The summed E-state index contributed by atoms with van der Waals surface area (Å²) < 4.78 is 2.15. The van der Waals surface area contributed by atoms with E-state index in [-0.39, 0.29) is 5.54 Å². The Kier molecular flexibility index (Phi) is 3.11. The van der Waals surface area contributed by atoms with Crippen molar-refractivity contribution in [3.8, 4) is 0 Å². The molecule has 3 heteroatoms. The molecule has 0 aliphatic rings. The predicted octanol–water partition coefficient (Wildman–Crippen LogP) is 2.72. The van der Waals surface area contributed by atoms with E-state index < -0.39 is 0 Å². The zero-order valence-corrected chi connectivity index (χ0v) is 10.8. The molecule has 0 saturated carbocycles. The van der Waals surface area contributed by atoms with Crippen molar-refractivity contribution in [1.82, 2.24) is 4.57 Å². The van der Waals surface area contributed by atoms with Crippen LogP contribution in [0.15, 0.2) is 30.5 Å². The van der Waals surface area contributed by atoms with Crippen molar-refractivity contribution in [2.45, 2.75) is 25.8 Å². The Bertz CT molecular complexity index is 511. The van der Waals surface area contributed by atoms with E-state index in [0.29, 0.717) is 6.54 Å². The molecule has 0 amide bonds. The third-order valence-corrected chi connectivity index (χ3v) is 3.14. The third kappa shape index (κ3) is 2.44. The fourth-order valence-electron chi connectivity index (χ4n) is 2.23. The molecule has 2 aromatic rings. The summed E-state index contributed by atoms with van der Waals surface area (Å²) in [6, 6.07) is 8.42. The highest BCUT2D eigenvalue weighted by molar-refractivity contribution is 5.93. The summed E-state index contributed by atoms with van der Waals surface area (Å²) in [7, 11) is 2.07. The summed E-state index contributed by atoms with van der Waals surface area (Å²) in [6.07, 6.45) is 3.10. The quantitative estimate of drug-likeness (QED) is 0.849. The number of aromatic nitrogens is 1. The SMILES string of the molecule is Cn1cc(NC(C)(C)CCN)c2ccccc21. The van der Waals surface area contributed by atoms with Gasteiger partial charge in [-0.3, -0.25) is 0 Å². The van der Waals surface area contributed by atoms with Crippen LogP contribution in [0.5, 0.6) is 0 Å². The average molecular weight is 231 g/mol. The molecule has 0 spiro atoms. The normalized spacial score (nSPS) is 12.0. The highest BCUT2D eigenvalue weighted by Crippen LogP contribution is 2.28. The van der Waals surface area contributed by atoms with Gasteiger partial charge < -0.3 is 15.6 Å². The second-order valence-corrected chi connectivity index (χ2v) is 5.22. The number of fused-ring (bicyclic) bond motifs is 1. The molecule has 3 N–H and O–H groups in total. The number of aryl methyl sites for hydroxylation is 1. The summed E-state index contributed by atoms with van der Waals surface area (Å²) in [5, 5.41) is 4.85. The van der Waals surface area contributed by atoms with E-state index in [1.807, 2.05) is 0 Å². The molecule has 92 valence electrons. The van der Waals surface area contributed by atoms with E-state index in [4.69, 9.17) is 5.73 Å². The van der Waals surface area contributed by atoms with Crippen LogP contribution in [-0.2, 0) is 7.05 Å². The Balaban J connectivity index is 2.36. The van der Waals surface area contributed by atoms with Crippen molar-refractivity contribution in [2.24, 2.45) is 12.8 Å². The fraction of sp³-hybridized carbons (Fsp3) is 0.429. The Morgan fingerprint density at radius 3 is 2.71 bits per heavy atom. The van der Waals surface area contributed by atoms with Gasteiger partial charge in [-0.25, -0.2) is 0 Å². The van der Waals surface area contributed by atoms with Gasteiger partial charge in [0.2, 0.25) is 0 Å². The van der Waals surface area contributed by atoms with Crippen LogP contribution in [-0.4, -0.2) is 16.7 Å². The minimum absolute atomic E-state index is 0.0267. The second-order valence-electron chi connectivity index (χ2n) is 5.22. The molecule has 0 bridgehead atoms. The number of para-hydroxylation sites is 1. The summed E-state index contributed by atoms with van der Waals surface area (Å²) in [4.78, 5) is 0. The number of hydrogen-bond acceptors (Lipinski definition) is 2. The first-order chi connectivity index (χ1) is 8.03. The van der Waals surface area contributed by atoms with Gasteiger partial charge >= 0.3 is 0 Å². The molecule has 0 radical (unpaired) electrons. The van der Waals surface area contributed by atoms with E-state index >= 15 is 0 Å². The molecule has 2 rings (SSSR count). The molecular weight excluding hydrogens is 210 g/mol. The van der Waals surface area contributed by atoms with Crippen molar-refractivity contribution in [3.63, 3.8) is 0 Å². The first-order valence-electron chi connectivity index (χ1n) is 6.06. The van der Waals surface area contributed by atoms with Crippen LogP contribution in [0.3, 0.4) is 0 Å². The lowest BCUT2D eigenvalue weighted by molar-refractivity contribution is 0.527. The maximum absolute atomic E-state index is 5.64. The molecule has 0 aliphatic carbocycles. The van der Waals surface area contributed by atoms with Crippen LogP contribution in [0, 0.1) is 0 Å². The van der Waals surface area contributed by atoms with Crippen molar-refractivity contribution in [3.05, 3.63) is 30.5 Å². The number of hydrogen-bond donors (Lipinski definition) is 2. The number of benzene rings is 1. The van der Waals surface area contributed by atoms with E-state index in [1.54, 1.807) is 0 Å². The van der Waals surface area contributed by atoms with Crippen LogP contribution >= 0.6 is 0 Å². The maximum atomic E-state index is 5.64. The van der Waals surface area contributed by atoms with Gasteiger partial charge in [0, 0.05) is 29.7 Å². The zero-order valence-electron chi connectivity index (χ0n) is 10.8. The molecule has 0 unspecified atom stereocenters. The molecule has 0 saturated heterocycles. The molecule has 0 atom stereocenters. The lowest BCUT2D eigenvalue weighted by Crippen LogP contribution is -2.33. The average Bonchev–Trinajstić information content (AvgIpc) is 2.56. The van der Waals surface area contributed by atoms with E-state index in [0.717, 1.165) is 6.42 Å². The lowest BCUT2D eigenvalue weighted by Gasteiger charge is -2.26. The summed E-state index contributed by atoms with van der Waals surface area (Å²) in [6.45, 7) is 5.06. The number of nitrogens with two attached hydrogens (primary N) is 1. The van der Waals surface area contributed by atoms with Crippen LogP contribution in [0.1, 0.15) is 20.3 Å². The molecule has 1 aromatic carbocycles. The largest absolute Gasteiger partial charge is 0.378 e. The standard InChI is InChI=1S/C14H21N3/c1-14(2,8-9-15)16-12-10-17(3)13-7-5-4-6-11(12)13/h4-7,10,16H,8-9,15H2,1-3H3. The van der Waals surface area contributed by atoms with Gasteiger partial charge in [0.05, 0.1) is 5.69 Å². The topological polar surface area (TPSA) is 43.0 Å². The second kappa shape index (κ2) is 4.41. The maximum Gasteiger partial charge on any atom is 0.0604 e. The Morgan fingerprint density at radius 2 is 2.00 bits per heavy atom. The minimum Gasteiger partial charge on any atom is -0.378 e. The van der Waals surface area contributed by atoms with Gasteiger partial charge in [-0.15, -0.1) is 0 Å². The van der Waals surface area contributed by atoms with Gasteiger partial charge in [0.25, 0.3) is 0 Å². The smallest absolute Gasteiger partial charge is 0.0604 e. The van der Waals surface area contributed by atoms with Gasteiger partial charge in [-0.05, 0) is 32.9 Å². The number of rotatable bonds is 4. The summed E-state index contributed by atoms with van der Waals surface area (Å²) in [5.41, 5.74) is 8.10. The molecule has 3 nitrogen and oxygen atoms in total. The van der Waals surface area contributed by atoms with Gasteiger partial charge in [0.1, 0.15) is 0 Å². The fourth-order valence-corrected chi connectivity index (χ4v) is 2.23. The Labute approximate surface area is 103 Å². The van der Waals surface area contributed by atoms with Crippen molar-refractivity contribution in [1.29, 1.82) is 0 Å². The van der Waals surface area contributed by atoms with Gasteiger partial charge in [-0.1, -0.05) is 18.2 Å². The van der Waals surface area contributed by atoms with E-state index in [2.05, 4.69) is 61.2 Å². The highest BCUT2D eigenvalue weighted by Gasteiger charge is 2.18. The van der Waals surface area contributed by atoms with Crippen LogP contribution in [0.4, 0.5) is 5.69 Å². The predicted molar refractivity (Wildman–Crippen MR) is 74.3 cm³/mol. The van der Waals surface area contributed by atoms with Crippen molar-refractivity contribution < 1.29 is 0 Å². The third-order valence-electron chi connectivity index (χ3n) is 3.14. The van der Waals surface area contributed by atoms with Gasteiger partial charge in [0.15, 0.2) is 0 Å². The summed E-state index contributed by atoms with van der Waals surface area (Å²) >= 11 is 0. The van der Waals surface area contributed by atoms with Crippen LogP contribution in [0.2, 0.25) is 0 Å². The Morgan fingerprint density at radius 1 is 1.29 bits per heavy atom. The summed E-state index contributed by atoms with van der Waals surface area (Å²) in [5.74, 6) is 0. The van der Waals surface area contributed by atoms with Crippen LogP contribution in [0.25, 0.3) is 10.9 Å². The Hall–Kier alpha value is -1.48. The first kappa shape index (κ1) is 12.0. The highest BCUT2D eigenvalue weighted by atomic mass is 15.0. The lowest BCUT2D eigenvalue weighted by atomic mass is 10.0. The van der Waals surface area contributed by atoms with E-state index in [1.165, 1.54) is 16.6 Å². The first-order valence-corrected chi connectivity index (χ1v) is 6.06. The monoisotopic (exact) mass is 231 g/mol. The molecule has 1 heterocycles. The molecule has 0 fully saturated rings. The zero-order chi connectivity index (χ0) is 12.5. The van der Waals surface area contributed by atoms with Crippen LogP contribution < -0.4 is 11.1 Å². The number of anilines is 1. The van der Waals surface area contributed by atoms with Gasteiger partial charge in [-0.2, -0.15) is 0 Å². The van der Waals surface area contributed by atoms with Crippen molar-refractivity contribution in [2.75, 3.05) is 11.9 Å². The van der Waals surface area contributed by atoms with E-state index in [9.17, 15) is 0 Å². The number of nitrogens with one attached hydrogen (secondary N) is 1.